The number of nitrogens with zero attached hydrogens (tertiary/aromatic N) is 3. The number of nitrogens with one attached hydrogen (secondary N) is 2. The van der Waals surface area contributed by atoms with Crippen LogP contribution in [0.3, 0.4) is 0 Å². The molecule has 3 heterocycles. The molecule has 2 aromatic carbocycles. The van der Waals surface area contributed by atoms with Gasteiger partial charge >= 0.3 is 0 Å². The summed E-state index contributed by atoms with van der Waals surface area (Å²) in [6, 6.07) is 10.6. The van der Waals surface area contributed by atoms with Crippen LogP contribution < -0.4 is 15.2 Å². The maximum Gasteiger partial charge on any atom is 0.219 e. The number of nitrogens with two attached hydrogens (primary N) is 1. The number of aryl methyl sites for hydroxylation is 2. The lowest BCUT2D eigenvalue weighted by molar-refractivity contribution is 0.103. The zero-order valence-electron chi connectivity index (χ0n) is 23.2. The van der Waals surface area contributed by atoms with Crippen LogP contribution in [-0.4, -0.2) is 43.3 Å². The molecule has 0 saturated heterocycles. The van der Waals surface area contributed by atoms with Gasteiger partial charge in [0.1, 0.15) is 5.82 Å². The number of nitrogen functional groups attached to an aromatic ring is 1. The second-order valence-electron chi connectivity index (χ2n) is 9.60. The number of hydrogen-bond acceptors (Lipinski definition) is 6. The molecule has 0 aliphatic carbocycles. The molecule has 0 amide bonds. The van der Waals surface area contributed by atoms with Crippen molar-refractivity contribution in [2.45, 2.75) is 27.2 Å². The smallest absolute Gasteiger partial charge is 0.219 e. The second-order valence-corrected chi connectivity index (χ2v) is 11.5. The van der Waals surface area contributed by atoms with E-state index < -0.39 is 17.4 Å². The fourth-order valence-electron chi connectivity index (χ4n) is 4.46. The molecule has 0 aliphatic rings. The van der Waals surface area contributed by atoms with Crippen LogP contribution in [0.15, 0.2) is 54.9 Å². The number of aromatic amines is 1. The molecule has 1 unspecified atom stereocenters. The predicted molar refractivity (Wildman–Crippen MR) is 162 cm³/mol. The van der Waals surface area contributed by atoms with Crippen LogP contribution >= 0.6 is 10.7 Å². The van der Waals surface area contributed by atoms with Gasteiger partial charge in [0.05, 0.1) is 36.0 Å². The molecule has 12 heteroatoms. The van der Waals surface area contributed by atoms with Crippen molar-refractivity contribution in [3.63, 3.8) is 0 Å². The van der Waals surface area contributed by atoms with Crippen LogP contribution in [0.2, 0.25) is 0 Å². The van der Waals surface area contributed by atoms with Crippen LogP contribution in [0.5, 0.6) is 11.6 Å². The number of aromatic nitrogens is 4. The highest BCUT2D eigenvalue weighted by atomic mass is 32.2. The summed E-state index contributed by atoms with van der Waals surface area (Å²) < 4.78 is 50.8. The molecular weight excluding hydrogens is 565 g/mol. The molecule has 0 bridgehead atoms. The van der Waals surface area contributed by atoms with E-state index >= 15 is 0 Å². The molecule has 0 fully saturated rings. The van der Waals surface area contributed by atoms with E-state index in [9.17, 15) is 18.0 Å². The number of carbonyl (C=O) groups excluding carboxylic acids is 1. The van der Waals surface area contributed by atoms with Crippen LogP contribution in [0.25, 0.3) is 16.6 Å². The Labute approximate surface area is 242 Å². The minimum atomic E-state index is -0.852. The average molecular weight is 595 g/mol. The van der Waals surface area contributed by atoms with Gasteiger partial charge in [-0.2, -0.15) is 5.10 Å². The summed E-state index contributed by atoms with van der Waals surface area (Å²) >= 11 is 0. The largest absolute Gasteiger partial charge is 0.433 e. The van der Waals surface area contributed by atoms with Gasteiger partial charge in [-0.3, -0.25) is 9.18 Å². The van der Waals surface area contributed by atoms with Gasteiger partial charge in [-0.25, -0.2) is 18.4 Å². The monoisotopic (exact) mass is 594 g/mol. The first kappa shape index (κ1) is 28.9. The summed E-state index contributed by atoms with van der Waals surface area (Å²) in [5.74, 6) is -1.81. The standard InChI is InChI=1S/C30H29F3N6O2S/c1-4-42(10-6-9-31)38-23-14-24-19(11-17(23)2)13-25(37-24)28(40)20-15-36-39(30(20)34)26-16-35-27(12-18(26)3)41-29-21(32)7-5-8-22(29)33/h4-5,7-8,11-16,37-38H,6,9-10,34H2,1-3H3. The molecule has 218 valence electrons. The van der Waals surface area contributed by atoms with Gasteiger partial charge in [-0.15, -0.1) is 10.7 Å². The topological polar surface area (TPSA) is 111 Å². The average Bonchev–Trinajstić information content (AvgIpc) is 3.55. The Balaban J connectivity index is 1.39. The second kappa shape index (κ2) is 12.1. The molecule has 0 spiro atoms. The van der Waals surface area contributed by atoms with Gasteiger partial charge in [0, 0.05) is 28.4 Å². The number of fused-ring (bicyclic) bond motifs is 1. The third-order valence-electron chi connectivity index (χ3n) is 6.70. The first-order valence-electron chi connectivity index (χ1n) is 13.1. The van der Waals surface area contributed by atoms with Crippen LogP contribution in [0.1, 0.15) is 40.5 Å². The Morgan fingerprint density at radius 3 is 2.60 bits per heavy atom. The summed E-state index contributed by atoms with van der Waals surface area (Å²) in [6.45, 7) is 5.30. The third-order valence-corrected chi connectivity index (χ3v) is 8.48. The summed E-state index contributed by atoms with van der Waals surface area (Å²) in [5, 5.41) is 7.19. The van der Waals surface area contributed by atoms with E-state index in [4.69, 9.17) is 10.5 Å². The molecule has 0 radical (unpaired) electrons. The number of halogens is 3. The Morgan fingerprint density at radius 2 is 1.90 bits per heavy atom. The van der Waals surface area contributed by atoms with Crippen molar-refractivity contribution in [1.82, 2.24) is 19.7 Å². The van der Waals surface area contributed by atoms with Crippen LogP contribution in [-0.2, 0) is 0 Å². The van der Waals surface area contributed by atoms with E-state index in [-0.39, 0.29) is 40.4 Å². The number of rotatable bonds is 10. The van der Waals surface area contributed by atoms with Gasteiger partial charge in [0.15, 0.2) is 11.6 Å². The number of anilines is 2. The number of pyridine rings is 1. The van der Waals surface area contributed by atoms with E-state index in [0.29, 0.717) is 29.1 Å². The molecule has 1 atom stereocenters. The SMILES string of the molecule is CC=S(CCCF)Nc1cc2[nH]c(C(=O)c3cnn(-c4cnc(Oc5c(F)cccc5F)cc4C)c3N)cc2cc1C. The Morgan fingerprint density at radius 1 is 1.14 bits per heavy atom. The number of H-pyrrole nitrogens is 1. The minimum absolute atomic E-state index is 0.0180. The Kier molecular flexibility index (Phi) is 8.34. The van der Waals surface area contributed by atoms with Gasteiger partial charge in [-0.1, -0.05) is 6.07 Å². The van der Waals surface area contributed by atoms with Crippen molar-refractivity contribution in [2.24, 2.45) is 0 Å². The number of ether oxygens (including phenoxy) is 1. The van der Waals surface area contributed by atoms with E-state index in [1.54, 1.807) is 13.0 Å². The number of para-hydroxylation sites is 1. The maximum absolute atomic E-state index is 14.0. The van der Waals surface area contributed by atoms with Gasteiger partial charge in [0.2, 0.25) is 17.4 Å². The number of benzene rings is 2. The highest BCUT2D eigenvalue weighted by Crippen LogP contribution is 2.31. The van der Waals surface area contributed by atoms with E-state index in [2.05, 4.69) is 19.8 Å². The summed E-state index contributed by atoms with van der Waals surface area (Å²) in [6.07, 6.45) is 3.27. The van der Waals surface area contributed by atoms with Crippen LogP contribution in [0.4, 0.5) is 24.7 Å². The summed E-state index contributed by atoms with van der Waals surface area (Å²) in [7, 11) is -0.272. The fraction of sp³-hybridized carbons (Fsp3) is 0.200. The fourth-order valence-corrected chi connectivity index (χ4v) is 5.84. The van der Waals surface area contributed by atoms with Crippen molar-refractivity contribution in [3.8, 4) is 17.3 Å². The van der Waals surface area contributed by atoms with Gasteiger partial charge < -0.3 is 20.2 Å². The molecule has 42 heavy (non-hydrogen) atoms. The normalized spacial score (nSPS) is 12.1. The molecule has 4 N–H and O–H groups in total. The number of carbonyl (C=O) groups is 1. The third kappa shape index (κ3) is 5.75. The molecule has 0 saturated carbocycles. The summed E-state index contributed by atoms with van der Waals surface area (Å²) in [5.41, 5.74) is 10.6. The van der Waals surface area contributed by atoms with Crippen molar-refractivity contribution < 1.29 is 22.7 Å². The van der Waals surface area contributed by atoms with Gasteiger partial charge in [-0.05, 0) is 74.0 Å². The Bertz CT molecular complexity index is 1810. The maximum atomic E-state index is 14.0. The number of hydrogen-bond donors (Lipinski definition) is 3. The lowest BCUT2D eigenvalue weighted by Crippen LogP contribution is -2.09. The first-order chi connectivity index (χ1) is 20.2. The molecule has 5 aromatic rings. The quantitative estimate of drug-likeness (QED) is 0.118. The molecular formula is C30H29F3N6O2S. The zero-order valence-corrected chi connectivity index (χ0v) is 24.0. The first-order valence-corrected chi connectivity index (χ1v) is 14.6. The highest BCUT2D eigenvalue weighted by Gasteiger charge is 2.21. The molecule has 8 nitrogen and oxygen atoms in total. The van der Waals surface area contributed by atoms with Crippen molar-refractivity contribution in [1.29, 1.82) is 0 Å². The number of ketones is 1. The molecule has 5 rings (SSSR count). The van der Waals surface area contributed by atoms with Gasteiger partial charge in [0.25, 0.3) is 0 Å². The van der Waals surface area contributed by atoms with E-state index in [1.807, 2.05) is 31.3 Å². The van der Waals surface area contributed by atoms with Crippen LogP contribution in [0, 0.1) is 25.5 Å². The summed E-state index contributed by atoms with van der Waals surface area (Å²) in [4.78, 5) is 20.8. The van der Waals surface area contributed by atoms with E-state index in [1.165, 1.54) is 29.2 Å². The lowest BCUT2D eigenvalue weighted by Gasteiger charge is -2.14. The van der Waals surface area contributed by atoms with Crippen molar-refractivity contribution >= 4 is 44.2 Å². The van der Waals surface area contributed by atoms with Crippen molar-refractivity contribution in [2.75, 3.05) is 22.9 Å². The minimum Gasteiger partial charge on any atom is -0.433 e. The zero-order chi connectivity index (χ0) is 30.0. The Hall–Kier alpha value is -4.58. The highest BCUT2D eigenvalue weighted by molar-refractivity contribution is 8.16. The lowest BCUT2D eigenvalue weighted by atomic mass is 10.1. The predicted octanol–water partition coefficient (Wildman–Crippen LogP) is 7.03. The van der Waals surface area contributed by atoms with Crippen molar-refractivity contribution in [3.05, 3.63) is 88.9 Å². The molecule has 3 aromatic heterocycles. The molecule has 0 aliphatic heterocycles. The van der Waals surface area contributed by atoms with E-state index in [0.717, 1.165) is 34.3 Å². The number of alkyl halides is 1.